The molecular formula is C17H18FN3O2. The highest BCUT2D eigenvalue weighted by Gasteiger charge is 2.06. The van der Waals surface area contributed by atoms with Crippen LogP contribution in [0, 0.1) is 5.82 Å². The Morgan fingerprint density at radius 1 is 1.00 bits per heavy atom. The zero-order valence-electron chi connectivity index (χ0n) is 12.7. The molecule has 120 valence electrons. The molecule has 0 unspecified atom stereocenters. The van der Waals surface area contributed by atoms with E-state index in [0.717, 1.165) is 5.69 Å². The number of carbonyl (C=O) groups excluding carboxylic acids is 2. The normalized spacial score (nSPS) is 10.0. The van der Waals surface area contributed by atoms with E-state index >= 15 is 0 Å². The van der Waals surface area contributed by atoms with E-state index in [0.29, 0.717) is 12.2 Å². The number of para-hydroxylation sites is 1. The molecule has 2 aromatic rings. The molecule has 0 aliphatic carbocycles. The monoisotopic (exact) mass is 315 g/mol. The first-order valence-electron chi connectivity index (χ1n) is 7.20. The maximum absolute atomic E-state index is 13.4. The third-order valence-corrected chi connectivity index (χ3v) is 3.01. The first-order valence-corrected chi connectivity index (χ1v) is 7.20. The third-order valence-electron chi connectivity index (χ3n) is 3.01. The molecule has 0 heterocycles. The number of carbonyl (C=O) groups is 2. The zero-order valence-corrected chi connectivity index (χ0v) is 12.7. The lowest BCUT2D eigenvalue weighted by Gasteiger charge is -2.09. The topological polar surface area (TPSA) is 70.2 Å². The fourth-order valence-electron chi connectivity index (χ4n) is 2.01. The van der Waals surface area contributed by atoms with Crippen molar-refractivity contribution < 1.29 is 14.0 Å². The van der Waals surface area contributed by atoms with Crippen LogP contribution < -0.4 is 16.0 Å². The van der Waals surface area contributed by atoms with Crippen LogP contribution in [0.4, 0.5) is 21.5 Å². The summed E-state index contributed by atoms with van der Waals surface area (Å²) in [4.78, 5) is 22.8. The van der Waals surface area contributed by atoms with Crippen LogP contribution in [-0.2, 0) is 9.59 Å². The van der Waals surface area contributed by atoms with E-state index in [-0.39, 0.29) is 23.9 Å². The Bertz CT molecular complexity index is 704. The summed E-state index contributed by atoms with van der Waals surface area (Å²) in [6.07, 6.45) is 0.193. The Balaban J connectivity index is 1.81. The summed E-state index contributed by atoms with van der Waals surface area (Å²) in [5.41, 5.74) is 1.64. The summed E-state index contributed by atoms with van der Waals surface area (Å²) in [6.45, 7) is 1.83. The van der Waals surface area contributed by atoms with Gasteiger partial charge in [-0.3, -0.25) is 9.59 Å². The minimum Gasteiger partial charge on any atom is -0.384 e. The molecule has 0 fully saturated rings. The van der Waals surface area contributed by atoms with Crippen LogP contribution in [0.25, 0.3) is 0 Å². The van der Waals surface area contributed by atoms with Gasteiger partial charge < -0.3 is 16.0 Å². The fourth-order valence-corrected chi connectivity index (χ4v) is 2.01. The Labute approximate surface area is 133 Å². The molecule has 0 bridgehead atoms. The molecule has 3 N–H and O–H groups in total. The molecule has 2 amide bonds. The van der Waals surface area contributed by atoms with Gasteiger partial charge in [0.2, 0.25) is 11.8 Å². The summed E-state index contributed by atoms with van der Waals surface area (Å²) in [5, 5.41) is 8.29. The van der Waals surface area contributed by atoms with Crippen molar-refractivity contribution in [1.29, 1.82) is 0 Å². The van der Waals surface area contributed by atoms with Crippen molar-refractivity contribution in [3.63, 3.8) is 0 Å². The molecule has 0 saturated heterocycles. The molecule has 6 heteroatoms. The molecule has 2 rings (SSSR count). The second-order valence-corrected chi connectivity index (χ2v) is 4.97. The van der Waals surface area contributed by atoms with Gasteiger partial charge in [0, 0.05) is 31.3 Å². The van der Waals surface area contributed by atoms with Gasteiger partial charge in [0.05, 0.1) is 5.69 Å². The molecule has 0 aromatic heterocycles. The Hall–Kier alpha value is -2.89. The van der Waals surface area contributed by atoms with Crippen LogP contribution in [0.15, 0.2) is 48.5 Å². The average molecular weight is 315 g/mol. The van der Waals surface area contributed by atoms with Crippen LogP contribution in [0.5, 0.6) is 0 Å². The highest BCUT2D eigenvalue weighted by molar-refractivity contribution is 5.91. The second kappa shape index (κ2) is 7.93. The van der Waals surface area contributed by atoms with Gasteiger partial charge in [0.25, 0.3) is 0 Å². The molecule has 0 saturated carbocycles. The second-order valence-electron chi connectivity index (χ2n) is 4.97. The van der Waals surface area contributed by atoms with E-state index in [1.54, 1.807) is 30.3 Å². The molecule has 0 radical (unpaired) electrons. The third kappa shape index (κ3) is 5.43. The average Bonchev–Trinajstić information content (AvgIpc) is 2.49. The van der Waals surface area contributed by atoms with Crippen LogP contribution in [-0.4, -0.2) is 18.4 Å². The van der Waals surface area contributed by atoms with Crippen molar-refractivity contribution in [2.24, 2.45) is 0 Å². The number of halogens is 1. The van der Waals surface area contributed by atoms with Crippen molar-refractivity contribution in [2.45, 2.75) is 13.3 Å². The van der Waals surface area contributed by atoms with Gasteiger partial charge in [-0.1, -0.05) is 18.2 Å². The number of nitrogens with one attached hydrogen (secondary N) is 3. The number of hydrogen-bond acceptors (Lipinski definition) is 3. The number of amides is 2. The minimum atomic E-state index is -0.461. The fraction of sp³-hybridized carbons (Fsp3) is 0.176. The predicted octanol–water partition coefficient (Wildman–Crippen LogP) is 3.22. The predicted molar refractivity (Wildman–Crippen MR) is 88.9 cm³/mol. The number of rotatable bonds is 6. The Morgan fingerprint density at radius 2 is 1.74 bits per heavy atom. The van der Waals surface area contributed by atoms with Gasteiger partial charge in [0.1, 0.15) is 5.82 Å². The van der Waals surface area contributed by atoms with E-state index in [1.165, 1.54) is 19.1 Å². The highest BCUT2D eigenvalue weighted by Crippen LogP contribution is 2.15. The smallest absolute Gasteiger partial charge is 0.226 e. The van der Waals surface area contributed by atoms with Crippen LogP contribution in [0.2, 0.25) is 0 Å². The van der Waals surface area contributed by atoms with E-state index in [2.05, 4.69) is 16.0 Å². The largest absolute Gasteiger partial charge is 0.384 e. The quantitative estimate of drug-likeness (QED) is 0.766. The molecule has 0 aliphatic rings. The summed E-state index contributed by atoms with van der Waals surface area (Å²) < 4.78 is 13.4. The Kier molecular flexibility index (Phi) is 5.68. The summed E-state index contributed by atoms with van der Waals surface area (Å²) in [6, 6.07) is 13.2. The molecular weight excluding hydrogens is 297 g/mol. The molecule has 5 nitrogen and oxygen atoms in total. The number of hydrogen-bond donors (Lipinski definition) is 3. The van der Waals surface area contributed by atoms with Gasteiger partial charge in [-0.2, -0.15) is 0 Å². The summed E-state index contributed by atoms with van der Waals surface area (Å²) in [7, 11) is 0. The van der Waals surface area contributed by atoms with E-state index in [4.69, 9.17) is 0 Å². The molecule has 2 aromatic carbocycles. The molecule has 0 aliphatic heterocycles. The lowest BCUT2D eigenvalue weighted by atomic mass is 10.2. The van der Waals surface area contributed by atoms with Gasteiger partial charge in [-0.25, -0.2) is 4.39 Å². The Morgan fingerprint density at radius 3 is 2.48 bits per heavy atom. The molecule has 0 spiro atoms. The van der Waals surface area contributed by atoms with Crippen LogP contribution in [0.3, 0.4) is 0 Å². The zero-order chi connectivity index (χ0) is 16.7. The number of benzene rings is 2. The minimum absolute atomic E-state index is 0.147. The van der Waals surface area contributed by atoms with Gasteiger partial charge in [-0.15, -0.1) is 0 Å². The van der Waals surface area contributed by atoms with Crippen molar-refractivity contribution in [1.82, 2.24) is 0 Å². The van der Waals surface area contributed by atoms with E-state index in [9.17, 15) is 14.0 Å². The lowest BCUT2D eigenvalue weighted by molar-refractivity contribution is -0.116. The van der Waals surface area contributed by atoms with Gasteiger partial charge in [0.15, 0.2) is 0 Å². The summed E-state index contributed by atoms with van der Waals surface area (Å²) >= 11 is 0. The van der Waals surface area contributed by atoms with Gasteiger partial charge in [-0.05, 0) is 30.3 Å². The summed E-state index contributed by atoms with van der Waals surface area (Å²) in [5.74, 6) is -0.885. The van der Waals surface area contributed by atoms with Crippen molar-refractivity contribution in [3.05, 3.63) is 54.3 Å². The van der Waals surface area contributed by atoms with Gasteiger partial charge >= 0.3 is 0 Å². The first kappa shape index (κ1) is 16.5. The van der Waals surface area contributed by atoms with Crippen molar-refractivity contribution in [2.75, 3.05) is 22.5 Å². The lowest BCUT2D eigenvalue weighted by Crippen LogP contribution is -2.17. The van der Waals surface area contributed by atoms with Crippen LogP contribution in [0.1, 0.15) is 13.3 Å². The van der Waals surface area contributed by atoms with Crippen molar-refractivity contribution in [3.8, 4) is 0 Å². The first-order chi connectivity index (χ1) is 11.0. The standard InChI is InChI=1S/C17H18FN3O2/c1-12(22)20-14-6-4-5-13(11-14)19-10-9-17(23)21-16-8-3-2-7-15(16)18/h2-8,11,19H,9-10H2,1H3,(H,20,22)(H,21,23). The van der Waals surface area contributed by atoms with E-state index < -0.39 is 5.82 Å². The van der Waals surface area contributed by atoms with Crippen LogP contribution >= 0.6 is 0 Å². The maximum atomic E-state index is 13.4. The highest BCUT2D eigenvalue weighted by atomic mass is 19.1. The molecule has 0 atom stereocenters. The van der Waals surface area contributed by atoms with E-state index in [1.807, 2.05) is 6.07 Å². The van der Waals surface area contributed by atoms with Crippen molar-refractivity contribution >= 4 is 28.9 Å². The molecule has 23 heavy (non-hydrogen) atoms. The SMILES string of the molecule is CC(=O)Nc1cccc(NCCC(=O)Nc2ccccc2F)c1. The maximum Gasteiger partial charge on any atom is 0.226 e. The number of anilines is 3.